The Morgan fingerprint density at radius 1 is 1.04 bits per heavy atom. The van der Waals surface area contributed by atoms with Crippen molar-refractivity contribution >= 4 is 5.91 Å². The van der Waals surface area contributed by atoms with E-state index in [9.17, 15) is 4.79 Å². The third-order valence-electron chi connectivity index (χ3n) is 4.14. The molecule has 0 bridgehead atoms. The first-order valence-corrected chi connectivity index (χ1v) is 8.68. The molecule has 1 aromatic heterocycles. The number of nitrogens with zero attached hydrogens (tertiary/aromatic N) is 1. The van der Waals surface area contributed by atoms with Crippen molar-refractivity contribution < 1.29 is 18.8 Å². The highest BCUT2D eigenvalue weighted by atomic mass is 16.5. The fourth-order valence-electron chi connectivity index (χ4n) is 2.74. The van der Waals surface area contributed by atoms with Crippen molar-refractivity contribution in [2.75, 3.05) is 20.8 Å². The molecule has 6 nitrogen and oxygen atoms in total. The molecule has 0 atom stereocenters. The van der Waals surface area contributed by atoms with E-state index in [4.69, 9.17) is 14.0 Å². The van der Waals surface area contributed by atoms with E-state index in [2.05, 4.69) is 10.5 Å². The van der Waals surface area contributed by atoms with E-state index < -0.39 is 0 Å². The number of carbonyl (C=O) groups excluding carboxylic acids is 1. The lowest BCUT2D eigenvalue weighted by molar-refractivity contribution is -0.120. The molecule has 3 aromatic rings. The Morgan fingerprint density at radius 2 is 1.81 bits per heavy atom. The van der Waals surface area contributed by atoms with Crippen LogP contribution in [-0.4, -0.2) is 31.8 Å². The highest BCUT2D eigenvalue weighted by molar-refractivity contribution is 5.78. The van der Waals surface area contributed by atoms with Crippen molar-refractivity contribution in [3.8, 4) is 22.8 Å². The fourth-order valence-corrected chi connectivity index (χ4v) is 2.74. The molecule has 2 aromatic carbocycles. The molecule has 0 saturated carbocycles. The van der Waals surface area contributed by atoms with E-state index in [0.717, 1.165) is 11.1 Å². The van der Waals surface area contributed by atoms with E-state index in [0.29, 0.717) is 35.9 Å². The summed E-state index contributed by atoms with van der Waals surface area (Å²) in [5, 5.41) is 6.88. The van der Waals surface area contributed by atoms with Gasteiger partial charge in [-0.25, -0.2) is 0 Å². The van der Waals surface area contributed by atoms with Crippen molar-refractivity contribution in [1.29, 1.82) is 0 Å². The van der Waals surface area contributed by atoms with Crippen LogP contribution < -0.4 is 14.8 Å². The van der Waals surface area contributed by atoms with E-state index in [1.54, 1.807) is 20.3 Å². The average Bonchev–Trinajstić information content (AvgIpc) is 3.17. The van der Waals surface area contributed by atoms with E-state index >= 15 is 0 Å². The number of hydrogen-bond acceptors (Lipinski definition) is 5. The molecule has 6 heteroatoms. The van der Waals surface area contributed by atoms with Gasteiger partial charge in [-0.2, -0.15) is 0 Å². The number of ether oxygens (including phenoxy) is 2. The molecule has 0 aliphatic heterocycles. The van der Waals surface area contributed by atoms with Crippen molar-refractivity contribution in [2.24, 2.45) is 0 Å². The standard InChI is InChI=1S/C21H22N2O4/c1-25-18-9-8-15(12-20(18)26-2)10-11-22-21(24)14-17-13-19(27-23-17)16-6-4-3-5-7-16/h3-9,12-13H,10-11,14H2,1-2H3,(H,22,24). The first kappa shape index (κ1) is 18.5. The second kappa shape index (κ2) is 8.89. The van der Waals surface area contributed by atoms with Crippen molar-refractivity contribution in [1.82, 2.24) is 10.5 Å². The second-order valence-electron chi connectivity index (χ2n) is 6.01. The highest BCUT2D eigenvalue weighted by Crippen LogP contribution is 2.27. The first-order valence-electron chi connectivity index (χ1n) is 8.68. The van der Waals surface area contributed by atoms with Crippen LogP contribution in [0.4, 0.5) is 0 Å². The van der Waals surface area contributed by atoms with Crippen LogP contribution in [0, 0.1) is 0 Å². The number of rotatable bonds is 8. The summed E-state index contributed by atoms with van der Waals surface area (Å²) < 4.78 is 15.8. The first-order chi connectivity index (χ1) is 13.2. The molecule has 0 unspecified atom stereocenters. The smallest absolute Gasteiger partial charge is 0.226 e. The quantitative estimate of drug-likeness (QED) is 0.662. The van der Waals surface area contributed by atoms with Crippen molar-refractivity contribution in [3.05, 3.63) is 65.9 Å². The number of benzene rings is 2. The lowest BCUT2D eigenvalue weighted by atomic mass is 10.1. The molecule has 0 saturated heterocycles. The summed E-state index contributed by atoms with van der Waals surface area (Å²) in [7, 11) is 3.20. The molecule has 0 radical (unpaired) electrons. The summed E-state index contributed by atoms with van der Waals surface area (Å²) in [5.74, 6) is 1.93. The number of carbonyl (C=O) groups is 1. The van der Waals surface area contributed by atoms with Crippen LogP contribution in [0.3, 0.4) is 0 Å². The van der Waals surface area contributed by atoms with Crippen LogP contribution in [0.25, 0.3) is 11.3 Å². The normalized spacial score (nSPS) is 10.4. The number of methoxy groups -OCH3 is 2. The molecule has 0 spiro atoms. The second-order valence-corrected chi connectivity index (χ2v) is 6.01. The van der Waals surface area contributed by atoms with Gasteiger partial charge < -0.3 is 19.3 Å². The van der Waals surface area contributed by atoms with Gasteiger partial charge in [0.05, 0.1) is 26.3 Å². The topological polar surface area (TPSA) is 73.6 Å². The van der Waals surface area contributed by atoms with Gasteiger partial charge in [0, 0.05) is 18.2 Å². The van der Waals surface area contributed by atoms with Crippen LogP contribution in [0.5, 0.6) is 11.5 Å². The number of aromatic nitrogens is 1. The Labute approximate surface area is 158 Å². The molecule has 140 valence electrons. The average molecular weight is 366 g/mol. The van der Waals surface area contributed by atoms with Gasteiger partial charge >= 0.3 is 0 Å². The number of hydrogen-bond donors (Lipinski definition) is 1. The summed E-state index contributed by atoms with van der Waals surface area (Å²) in [6.45, 7) is 0.526. The molecule has 0 fully saturated rings. The van der Waals surface area contributed by atoms with Crippen LogP contribution in [0.2, 0.25) is 0 Å². The summed E-state index contributed by atoms with van der Waals surface area (Å²) >= 11 is 0. The maximum absolute atomic E-state index is 12.1. The molecule has 1 amide bonds. The Hall–Kier alpha value is -3.28. The van der Waals surface area contributed by atoms with Gasteiger partial charge in [-0.1, -0.05) is 41.6 Å². The van der Waals surface area contributed by atoms with Crippen LogP contribution >= 0.6 is 0 Å². The minimum absolute atomic E-state index is 0.0941. The Balaban J connectivity index is 1.50. The molecule has 1 N–H and O–H groups in total. The summed E-state index contributed by atoms with van der Waals surface area (Å²) in [5.41, 5.74) is 2.60. The van der Waals surface area contributed by atoms with E-state index in [1.807, 2.05) is 48.5 Å². The Morgan fingerprint density at radius 3 is 2.56 bits per heavy atom. The zero-order valence-corrected chi connectivity index (χ0v) is 15.4. The summed E-state index contributed by atoms with van der Waals surface area (Å²) in [6.07, 6.45) is 0.877. The molecule has 0 aliphatic carbocycles. The minimum atomic E-state index is -0.0941. The number of nitrogens with one attached hydrogen (secondary N) is 1. The van der Waals surface area contributed by atoms with Gasteiger partial charge in [0.1, 0.15) is 0 Å². The third-order valence-corrected chi connectivity index (χ3v) is 4.14. The van der Waals surface area contributed by atoms with Crippen molar-refractivity contribution in [3.63, 3.8) is 0 Å². The highest BCUT2D eigenvalue weighted by Gasteiger charge is 2.11. The third kappa shape index (κ3) is 4.88. The van der Waals surface area contributed by atoms with Gasteiger partial charge in [-0.05, 0) is 24.1 Å². The molecule has 1 heterocycles. The van der Waals surface area contributed by atoms with E-state index in [1.165, 1.54) is 0 Å². The molecule has 27 heavy (non-hydrogen) atoms. The summed E-state index contributed by atoms with van der Waals surface area (Å²) in [4.78, 5) is 12.1. The zero-order valence-electron chi connectivity index (χ0n) is 15.4. The molecule has 0 aliphatic rings. The molecular weight excluding hydrogens is 344 g/mol. The van der Waals surface area contributed by atoms with Crippen LogP contribution in [0.1, 0.15) is 11.3 Å². The Bertz CT molecular complexity index is 890. The number of amides is 1. The molecular formula is C21H22N2O4. The lowest BCUT2D eigenvalue weighted by Crippen LogP contribution is -2.27. The molecule has 3 rings (SSSR count). The SMILES string of the molecule is COc1ccc(CCNC(=O)Cc2cc(-c3ccccc3)on2)cc1OC. The van der Waals surface area contributed by atoms with Gasteiger partial charge in [0.25, 0.3) is 0 Å². The predicted molar refractivity (Wildman–Crippen MR) is 102 cm³/mol. The maximum Gasteiger partial charge on any atom is 0.226 e. The maximum atomic E-state index is 12.1. The largest absolute Gasteiger partial charge is 0.493 e. The Kier molecular flexibility index (Phi) is 6.10. The van der Waals surface area contributed by atoms with Gasteiger partial charge in [-0.3, -0.25) is 4.79 Å². The van der Waals surface area contributed by atoms with Gasteiger partial charge in [0.2, 0.25) is 5.91 Å². The zero-order chi connectivity index (χ0) is 19.1. The lowest BCUT2D eigenvalue weighted by Gasteiger charge is -2.10. The summed E-state index contributed by atoms with van der Waals surface area (Å²) in [6, 6.07) is 17.2. The monoisotopic (exact) mass is 366 g/mol. The van der Waals surface area contributed by atoms with Crippen LogP contribution in [0.15, 0.2) is 59.1 Å². The van der Waals surface area contributed by atoms with Crippen molar-refractivity contribution in [2.45, 2.75) is 12.8 Å². The predicted octanol–water partition coefficient (Wildman–Crippen LogP) is 3.26. The van der Waals surface area contributed by atoms with Gasteiger partial charge in [0.15, 0.2) is 17.3 Å². The van der Waals surface area contributed by atoms with Crippen LogP contribution in [-0.2, 0) is 17.6 Å². The van der Waals surface area contributed by atoms with E-state index in [-0.39, 0.29) is 12.3 Å². The van der Waals surface area contributed by atoms with Gasteiger partial charge in [-0.15, -0.1) is 0 Å². The fraction of sp³-hybridized carbons (Fsp3) is 0.238. The minimum Gasteiger partial charge on any atom is -0.493 e.